The summed E-state index contributed by atoms with van der Waals surface area (Å²) in [4.78, 5) is 25.8. The lowest BCUT2D eigenvalue weighted by atomic mass is 10.1. The third-order valence-corrected chi connectivity index (χ3v) is 4.55. The van der Waals surface area contributed by atoms with E-state index >= 15 is 0 Å². The Morgan fingerprint density at radius 2 is 1.96 bits per heavy atom. The maximum atomic E-state index is 12.6. The number of urea groups is 1. The molecule has 0 radical (unpaired) electrons. The summed E-state index contributed by atoms with van der Waals surface area (Å²) in [6.45, 7) is 0.139. The lowest BCUT2D eigenvalue weighted by Gasteiger charge is -2.11. The summed E-state index contributed by atoms with van der Waals surface area (Å²) in [5, 5.41) is 13.0. The lowest BCUT2D eigenvalue weighted by molar-refractivity contribution is -0.123. The van der Waals surface area contributed by atoms with Gasteiger partial charge in [0.25, 0.3) is 5.91 Å². The van der Waals surface area contributed by atoms with Crippen molar-refractivity contribution in [3.05, 3.63) is 62.7 Å². The minimum Gasteiger partial charge on any atom is -0.504 e. The van der Waals surface area contributed by atoms with Gasteiger partial charge in [-0.2, -0.15) is 0 Å². The van der Waals surface area contributed by atoms with Gasteiger partial charge in [-0.1, -0.05) is 39.7 Å². The molecule has 1 heterocycles. The molecule has 26 heavy (non-hydrogen) atoms. The molecule has 3 amide bonds. The van der Waals surface area contributed by atoms with Gasteiger partial charge in [0, 0.05) is 21.1 Å². The molecule has 1 saturated heterocycles. The van der Waals surface area contributed by atoms with Crippen LogP contribution in [0.3, 0.4) is 0 Å². The molecule has 0 aliphatic carbocycles. The normalized spacial score (nSPS) is 15.5. The Kier molecular flexibility index (Phi) is 5.20. The van der Waals surface area contributed by atoms with Crippen molar-refractivity contribution >= 4 is 45.5 Å². The van der Waals surface area contributed by atoms with Gasteiger partial charge in [0.2, 0.25) is 0 Å². The van der Waals surface area contributed by atoms with Crippen LogP contribution in [0.1, 0.15) is 11.1 Å². The Hall–Kier alpha value is -2.51. The number of halogens is 2. The van der Waals surface area contributed by atoms with Crippen LogP contribution in [0.15, 0.2) is 46.6 Å². The molecule has 0 atom stereocenters. The van der Waals surface area contributed by atoms with E-state index in [1.807, 2.05) is 24.3 Å². The summed E-state index contributed by atoms with van der Waals surface area (Å²) in [5.74, 6) is -0.484. The zero-order chi connectivity index (χ0) is 18.8. The van der Waals surface area contributed by atoms with Gasteiger partial charge in [0.15, 0.2) is 11.5 Å². The summed E-state index contributed by atoms with van der Waals surface area (Å²) in [6, 6.07) is 9.70. The molecular weight excluding hydrogens is 424 g/mol. The Morgan fingerprint density at radius 3 is 2.62 bits per heavy atom. The molecule has 0 spiro atoms. The number of aromatic hydroxyl groups is 1. The molecular formula is C18H14BrClN2O4. The molecule has 0 aromatic heterocycles. The second-order valence-electron chi connectivity index (χ2n) is 5.55. The van der Waals surface area contributed by atoms with E-state index in [4.69, 9.17) is 16.3 Å². The highest BCUT2D eigenvalue weighted by Gasteiger charge is 2.33. The zero-order valence-corrected chi connectivity index (χ0v) is 16.0. The Morgan fingerprint density at radius 1 is 1.27 bits per heavy atom. The topological polar surface area (TPSA) is 78.9 Å². The van der Waals surface area contributed by atoms with Gasteiger partial charge >= 0.3 is 6.03 Å². The number of ether oxygens (including phenoxy) is 1. The number of amides is 3. The van der Waals surface area contributed by atoms with Crippen molar-refractivity contribution in [1.29, 1.82) is 0 Å². The number of nitrogens with zero attached hydrogens (tertiary/aromatic N) is 1. The van der Waals surface area contributed by atoms with Crippen molar-refractivity contribution in [3.8, 4) is 11.5 Å². The van der Waals surface area contributed by atoms with Crippen LogP contribution in [-0.2, 0) is 11.3 Å². The number of nitrogens with one attached hydrogen (secondary N) is 1. The average Bonchev–Trinajstić information content (AvgIpc) is 2.87. The van der Waals surface area contributed by atoms with Crippen LogP contribution in [0.25, 0.3) is 6.08 Å². The van der Waals surface area contributed by atoms with Gasteiger partial charge in [-0.15, -0.1) is 0 Å². The molecule has 2 aromatic rings. The lowest BCUT2D eigenvalue weighted by Crippen LogP contribution is -2.30. The molecule has 1 aliphatic heterocycles. The largest absolute Gasteiger partial charge is 0.504 e. The number of carbonyl (C=O) groups excluding carboxylic acids is 2. The first-order valence-electron chi connectivity index (χ1n) is 7.54. The molecule has 0 bridgehead atoms. The molecule has 2 aromatic carbocycles. The van der Waals surface area contributed by atoms with Crippen LogP contribution in [0, 0.1) is 0 Å². The first-order valence-corrected chi connectivity index (χ1v) is 8.71. The van der Waals surface area contributed by atoms with Crippen molar-refractivity contribution in [3.63, 3.8) is 0 Å². The van der Waals surface area contributed by atoms with Crippen molar-refractivity contribution in [2.75, 3.05) is 7.11 Å². The molecule has 2 N–H and O–H groups in total. The van der Waals surface area contributed by atoms with Crippen molar-refractivity contribution in [1.82, 2.24) is 10.2 Å². The van der Waals surface area contributed by atoms with E-state index < -0.39 is 11.9 Å². The van der Waals surface area contributed by atoms with E-state index in [2.05, 4.69) is 21.2 Å². The van der Waals surface area contributed by atoms with Crippen molar-refractivity contribution in [2.45, 2.75) is 6.54 Å². The maximum Gasteiger partial charge on any atom is 0.329 e. The summed E-state index contributed by atoms with van der Waals surface area (Å²) in [7, 11) is 1.39. The minimum atomic E-state index is -0.530. The second-order valence-corrected chi connectivity index (χ2v) is 6.90. The fourth-order valence-corrected chi connectivity index (χ4v) is 2.98. The van der Waals surface area contributed by atoms with E-state index in [-0.39, 0.29) is 29.3 Å². The molecule has 1 aliphatic rings. The SMILES string of the molecule is COc1cc(Cl)cc(/C=C2\NC(=O)N(Cc3ccc(Br)cc3)C2=O)c1O. The van der Waals surface area contributed by atoms with Crippen LogP contribution in [0.5, 0.6) is 11.5 Å². The van der Waals surface area contributed by atoms with Gasteiger partial charge < -0.3 is 15.2 Å². The number of phenols is 1. The quantitative estimate of drug-likeness (QED) is 0.561. The van der Waals surface area contributed by atoms with Gasteiger partial charge in [0.1, 0.15) is 5.70 Å². The van der Waals surface area contributed by atoms with E-state index in [1.165, 1.54) is 25.3 Å². The van der Waals surface area contributed by atoms with Crippen LogP contribution in [0.2, 0.25) is 5.02 Å². The summed E-state index contributed by atoms with van der Waals surface area (Å²) < 4.78 is 5.95. The summed E-state index contributed by atoms with van der Waals surface area (Å²) in [5.41, 5.74) is 1.13. The van der Waals surface area contributed by atoms with Gasteiger partial charge in [-0.3, -0.25) is 9.69 Å². The molecule has 0 saturated carbocycles. The number of phenolic OH excluding ortho intramolecular Hbond substituents is 1. The monoisotopic (exact) mass is 436 g/mol. The molecule has 3 rings (SSSR count). The van der Waals surface area contributed by atoms with Gasteiger partial charge in [-0.25, -0.2) is 4.79 Å². The van der Waals surface area contributed by atoms with Crippen molar-refractivity contribution < 1.29 is 19.4 Å². The number of rotatable bonds is 4. The summed E-state index contributed by atoms with van der Waals surface area (Å²) in [6.07, 6.45) is 1.37. The Balaban J connectivity index is 1.88. The van der Waals surface area contributed by atoms with E-state index in [9.17, 15) is 14.7 Å². The second kappa shape index (κ2) is 7.39. The third kappa shape index (κ3) is 3.68. The smallest absolute Gasteiger partial charge is 0.329 e. The van der Waals surface area contributed by atoms with E-state index in [0.29, 0.717) is 5.02 Å². The predicted molar refractivity (Wildman–Crippen MR) is 101 cm³/mol. The van der Waals surface area contributed by atoms with Crippen LogP contribution >= 0.6 is 27.5 Å². The standard InChI is InChI=1S/C18H14BrClN2O4/c1-26-15-8-13(20)6-11(16(15)23)7-14-17(24)22(18(25)21-14)9-10-2-4-12(19)5-3-10/h2-8,23H,9H2,1H3,(H,21,25)/b14-7-. The van der Waals surface area contributed by atoms with Crippen molar-refractivity contribution in [2.24, 2.45) is 0 Å². The molecule has 134 valence electrons. The van der Waals surface area contributed by atoms with Gasteiger partial charge in [-0.05, 0) is 29.8 Å². The molecule has 1 fully saturated rings. The fraction of sp³-hybridized carbons (Fsp3) is 0.111. The highest BCUT2D eigenvalue weighted by Crippen LogP contribution is 2.35. The van der Waals surface area contributed by atoms with Crippen LogP contribution in [-0.4, -0.2) is 29.1 Å². The van der Waals surface area contributed by atoms with E-state index in [0.717, 1.165) is 14.9 Å². The van der Waals surface area contributed by atoms with E-state index in [1.54, 1.807) is 0 Å². The highest BCUT2D eigenvalue weighted by atomic mass is 79.9. The maximum absolute atomic E-state index is 12.6. The number of hydrogen-bond donors (Lipinski definition) is 2. The summed E-state index contributed by atoms with van der Waals surface area (Å²) >= 11 is 9.33. The van der Waals surface area contributed by atoms with Crippen LogP contribution in [0.4, 0.5) is 4.79 Å². The Labute approximate surface area is 163 Å². The minimum absolute atomic E-state index is 0.0479. The molecule has 6 nitrogen and oxygen atoms in total. The number of imide groups is 1. The first kappa shape index (κ1) is 18.3. The molecule has 8 heteroatoms. The number of benzene rings is 2. The first-order chi connectivity index (χ1) is 12.4. The van der Waals surface area contributed by atoms with Gasteiger partial charge in [0.05, 0.1) is 13.7 Å². The molecule has 0 unspecified atom stereocenters. The van der Waals surface area contributed by atoms with Crippen LogP contribution < -0.4 is 10.1 Å². The number of hydrogen-bond acceptors (Lipinski definition) is 4. The zero-order valence-electron chi connectivity index (χ0n) is 13.6. The Bertz CT molecular complexity index is 912. The number of methoxy groups -OCH3 is 1. The fourth-order valence-electron chi connectivity index (χ4n) is 2.50. The predicted octanol–water partition coefficient (Wildman–Crippen LogP) is 3.91. The number of carbonyl (C=O) groups is 2. The highest BCUT2D eigenvalue weighted by molar-refractivity contribution is 9.10. The third-order valence-electron chi connectivity index (χ3n) is 3.81. The average molecular weight is 438 g/mol.